The van der Waals surface area contributed by atoms with Gasteiger partial charge in [-0.3, -0.25) is 4.79 Å². The molecule has 7 heteroatoms. The number of benzene rings is 1. The minimum atomic E-state index is -3.86. The Hall–Kier alpha value is -1.47. The lowest BCUT2D eigenvalue weighted by Crippen LogP contribution is -2.44. The summed E-state index contributed by atoms with van der Waals surface area (Å²) in [7, 11) is -2.63. The van der Waals surface area contributed by atoms with Gasteiger partial charge in [0.05, 0.1) is 12.0 Å². The highest BCUT2D eigenvalue weighted by Gasteiger charge is 2.34. The number of sulfonamides is 1. The van der Waals surface area contributed by atoms with E-state index in [1.807, 2.05) is 0 Å². The fourth-order valence-electron chi connectivity index (χ4n) is 2.71. The van der Waals surface area contributed by atoms with E-state index in [0.29, 0.717) is 0 Å². The van der Waals surface area contributed by atoms with Gasteiger partial charge in [0.15, 0.2) is 0 Å². The summed E-state index contributed by atoms with van der Waals surface area (Å²) in [6.45, 7) is -0.319. The minimum Gasteiger partial charge on any atom is -0.468 e. The number of methoxy groups -OCH3 is 1. The first kappa shape index (κ1) is 16.9. The summed E-state index contributed by atoms with van der Waals surface area (Å²) < 4.78 is 44.4. The lowest BCUT2D eigenvalue weighted by atomic mass is 9.95. The van der Waals surface area contributed by atoms with Crippen LogP contribution in [-0.2, 0) is 19.6 Å². The van der Waals surface area contributed by atoms with E-state index in [1.165, 1.54) is 23.5 Å². The summed E-state index contributed by atoms with van der Waals surface area (Å²) in [5.74, 6) is -1.10. The Kier molecular flexibility index (Phi) is 5.52. The number of rotatable bonds is 5. The van der Waals surface area contributed by atoms with Crippen LogP contribution in [0.4, 0.5) is 4.39 Å². The zero-order chi connectivity index (χ0) is 16.2. The van der Waals surface area contributed by atoms with Crippen molar-refractivity contribution in [1.29, 1.82) is 0 Å². The van der Waals surface area contributed by atoms with Crippen LogP contribution in [0, 0.1) is 5.82 Å². The fourth-order valence-corrected chi connectivity index (χ4v) is 4.34. The molecule has 1 aromatic carbocycles. The fraction of sp³-hybridized carbons (Fsp3) is 0.533. The minimum absolute atomic E-state index is 0.0108. The first-order valence-corrected chi connectivity index (χ1v) is 8.73. The average molecular weight is 329 g/mol. The van der Waals surface area contributed by atoms with Crippen LogP contribution in [0.1, 0.15) is 32.1 Å². The van der Waals surface area contributed by atoms with Crippen LogP contribution in [0.5, 0.6) is 0 Å². The van der Waals surface area contributed by atoms with Crippen molar-refractivity contribution >= 4 is 16.0 Å². The molecule has 1 aromatic rings. The predicted molar refractivity (Wildman–Crippen MR) is 79.2 cm³/mol. The molecule has 2 rings (SSSR count). The molecule has 0 spiro atoms. The molecular formula is C15H20FNO4S. The normalized spacial score (nSPS) is 16.7. The second-order valence-electron chi connectivity index (χ2n) is 5.37. The van der Waals surface area contributed by atoms with E-state index >= 15 is 0 Å². The highest BCUT2D eigenvalue weighted by Crippen LogP contribution is 2.27. The van der Waals surface area contributed by atoms with E-state index in [4.69, 9.17) is 0 Å². The molecule has 0 aliphatic heterocycles. The zero-order valence-electron chi connectivity index (χ0n) is 12.5. The summed E-state index contributed by atoms with van der Waals surface area (Å²) in [4.78, 5) is 11.6. The molecule has 0 bridgehead atoms. The molecule has 0 amide bonds. The number of nitrogens with zero attached hydrogens (tertiary/aromatic N) is 1. The molecule has 0 atom stereocenters. The molecule has 0 unspecified atom stereocenters. The molecule has 0 heterocycles. The van der Waals surface area contributed by atoms with E-state index in [-0.39, 0.29) is 17.5 Å². The Balaban J connectivity index is 2.33. The maximum absolute atomic E-state index is 13.0. The monoisotopic (exact) mass is 329 g/mol. The van der Waals surface area contributed by atoms with Crippen molar-refractivity contribution < 1.29 is 22.3 Å². The molecule has 0 radical (unpaired) electrons. The number of halogens is 1. The van der Waals surface area contributed by atoms with E-state index in [0.717, 1.165) is 44.2 Å². The molecule has 5 nitrogen and oxygen atoms in total. The molecule has 0 aromatic heterocycles. The Bertz CT molecular complexity index is 609. The van der Waals surface area contributed by atoms with E-state index in [1.54, 1.807) is 0 Å². The average Bonchev–Trinajstić information content (AvgIpc) is 2.53. The highest BCUT2D eigenvalue weighted by atomic mass is 32.2. The number of carbonyl (C=O) groups is 1. The summed E-state index contributed by atoms with van der Waals surface area (Å²) >= 11 is 0. The Morgan fingerprint density at radius 1 is 1.23 bits per heavy atom. The number of esters is 1. The van der Waals surface area contributed by atoms with E-state index in [2.05, 4.69) is 4.74 Å². The second-order valence-corrected chi connectivity index (χ2v) is 7.26. The third kappa shape index (κ3) is 3.84. The summed E-state index contributed by atoms with van der Waals surface area (Å²) in [5, 5.41) is 0. The van der Waals surface area contributed by atoms with E-state index < -0.39 is 21.8 Å². The van der Waals surface area contributed by atoms with Gasteiger partial charge < -0.3 is 4.74 Å². The van der Waals surface area contributed by atoms with Crippen LogP contribution in [0.25, 0.3) is 0 Å². The topological polar surface area (TPSA) is 63.7 Å². The third-order valence-electron chi connectivity index (χ3n) is 3.91. The van der Waals surface area contributed by atoms with Crippen molar-refractivity contribution in [3.8, 4) is 0 Å². The van der Waals surface area contributed by atoms with Gasteiger partial charge in [0.25, 0.3) is 0 Å². The molecule has 22 heavy (non-hydrogen) atoms. The maximum Gasteiger partial charge on any atom is 0.321 e. The molecule has 1 saturated carbocycles. The molecule has 1 aliphatic rings. The van der Waals surface area contributed by atoms with Crippen LogP contribution in [0.3, 0.4) is 0 Å². The Labute approximate surface area is 130 Å². The second kappa shape index (κ2) is 7.19. The van der Waals surface area contributed by atoms with Crippen LogP contribution in [-0.4, -0.2) is 38.4 Å². The standard InChI is InChI=1S/C15H20FNO4S/c1-21-15(18)11-17(13-5-3-2-4-6-13)22(19,20)14-9-7-12(16)8-10-14/h7-10,13H,2-6,11H2,1H3. The van der Waals surface area contributed by atoms with Gasteiger partial charge in [-0.15, -0.1) is 0 Å². The van der Waals surface area contributed by atoms with Crippen molar-refractivity contribution in [3.05, 3.63) is 30.1 Å². The largest absolute Gasteiger partial charge is 0.468 e. The van der Waals surface area contributed by atoms with Crippen molar-refractivity contribution in [3.63, 3.8) is 0 Å². The van der Waals surface area contributed by atoms with Crippen molar-refractivity contribution in [2.75, 3.05) is 13.7 Å². The highest BCUT2D eigenvalue weighted by molar-refractivity contribution is 7.89. The van der Waals surface area contributed by atoms with Gasteiger partial charge in [-0.1, -0.05) is 19.3 Å². The molecule has 122 valence electrons. The molecule has 1 fully saturated rings. The molecule has 0 N–H and O–H groups in total. The van der Waals surface area contributed by atoms with Crippen molar-refractivity contribution in [2.45, 2.75) is 43.0 Å². The van der Waals surface area contributed by atoms with Gasteiger partial charge in [-0.2, -0.15) is 4.31 Å². The van der Waals surface area contributed by atoms with Crippen LogP contribution in [0.2, 0.25) is 0 Å². The Morgan fingerprint density at radius 2 is 1.82 bits per heavy atom. The molecule has 1 aliphatic carbocycles. The maximum atomic E-state index is 13.0. The van der Waals surface area contributed by atoms with Gasteiger partial charge in [-0.25, -0.2) is 12.8 Å². The third-order valence-corrected chi connectivity index (χ3v) is 5.83. The predicted octanol–water partition coefficient (Wildman–Crippen LogP) is 2.32. The summed E-state index contributed by atoms with van der Waals surface area (Å²) in [5.41, 5.74) is 0. The van der Waals surface area contributed by atoms with E-state index in [9.17, 15) is 17.6 Å². The first-order valence-electron chi connectivity index (χ1n) is 7.29. The van der Waals surface area contributed by atoms with Gasteiger partial charge in [-0.05, 0) is 37.1 Å². The number of carbonyl (C=O) groups excluding carboxylic acids is 1. The van der Waals surface area contributed by atoms with Crippen molar-refractivity contribution in [2.24, 2.45) is 0 Å². The summed E-state index contributed by atoms with van der Waals surface area (Å²) in [6.07, 6.45) is 4.37. The molecule has 0 saturated heterocycles. The number of ether oxygens (including phenoxy) is 1. The molecular weight excluding hydrogens is 309 g/mol. The van der Waals surface area contributed by atoms with Gasteiger partial charge in [0, 0.05) is 6.04 Å². The van der Waals surface area contributed by atoms with Crippen LogP contribution < -0.4 is 0 Å². The van der Waals surface area contributed by atoms with Gasteiger partial charge in [0.2, 0.25) is 10.0 Å². The number of hydrogen-bond acceptors (Lipinski definition) is 4. The SMILES string of the molecule is COC(=O)CN(C1CCCCC1)S(=O)(=O)c1ccc(F)cc1. The smallest absolute Gasteiger partial charge is 0.321 e. The lowest BCUT2D eigenvalue weighted by Gasteiger charge is -2.32. The van der Waals surface area contributed by atoms with Gasteiger partial charge >= 0.3 is 5.97 Å². The van der Waals surface area contributed by atoms with Crippen LogP contribution in [0.15, 0.2) is 29.2 Å². The van der Waals surface area contributed by atoms with Gasteiger partial charge in [0.1, 0.15) is 12.4 Å². The Morgan fingerprint density at radius 3 is 2.36 bits per heavy atom. The van der Waals surface area contributed by atoms with Crippen LogP contribution >= 0.6 is 0 Å². The van der Waals surface area contributed by atoms with Crippen molar-refractivity contribution in [1.82, 2.24) is 4.31 Å². The summed E-state index contributed by atoms with van der Waals surface area (Å²) in [6, 6.07) is 4.42. The zero-order valence-corrected chi connectivity index (χ0v) is 13.3. The quantitative estimate of drug-likeness (QED) is 0.778. The number of hydrogen-bond donors (Lipinski definition) is 0. The first-order chi connectivity index (χ1) is 10.4. The lowest BCUT2D eigenvalue weighted by molar-refractivity contribution is -0.141.